The molecule has 8 nitrogen and oxygen atoms in total. The Morgan fingerprint density at radius 2 is 1.68 bits per heavy atom. The van der Waals surface area contributed by atoms with E-state index in [0.717, 1.165) is 27.9 Å². The number of hydrogen-bond donors (Lipinski definition) is 2. The number of sulfone groups is 1. The predicted octanol–water partition coefficient (Wildman–Crippen LogP) is 4.54. The minimum absolute atomic E-state index is 0. The number of hydrogen-bond acceptors (Lipinski definition) is 7. The smallest absolute Gasteiger partial charge is 0.244 e. The second-order valence-electron chi connectivity index (χ2n) is 9.29. The monoisotopic (exact) mass is 562 g/mol. The molecule has 0 bridgehead atoms. The first-order valence-electron chi connectivity index (χ1n) is 11.7. The molecule has 11 heteroatoms. The molecule has 198 valence electrons. The highest BCUT2D eigenvalue weighted by Gasteiger charge is 2.33. The summed E-state index contributed by atoms with van der Waals surface area (Å²) < 4.78 is 23.8. The van der Waals surface area contributed by atoms with Gasteiger partial charge in [-0.05, 0) is 56.9 Å². The number of thiazole rings is 1. The molecule has 1 aliphatic heterocycles. The van der Waals surface area contributed by atoms with Crippen LogP contribution in [0, 0.1) is 26.7 Å². The first-order chi connectivity index (χ1) is 17.0. The van der Waals surface area contributed by atoms with E-state index in [0.29, 0.717) is 16.5 Å². The number of benzene rings is 2. The number of aryl methyl sites for hydroxylation is 3. The average Bonchev–Trinajstić information content (AvgIpc) is 3.24. The number of carbonyl (C=O) groups excluding carboxylic acids is 2. The minimum atomic E-state index is -3.11. The first-order valence-corrected chi connectivity index (χ1v) is 14.4. The molecule has 0 atom stereocenters. The van der Waals surface area contributed by atoms with Crippen LogP contribution in [0.3, 0.4) is 0 Å². The molecule has 1 aromatic heterocycles. The Morgan fingerprint density at radius 1 is 1.08 bits per heavy atom. The zero-order chi connectivity index (χ0) is 26.0. The predicted molar refractivity (Wildman–Crippen MR) is 152 cm³/mol. The summed E-state index contributed by atoms with van der Waals surface area (Å²) in [5.74, 6) is -1.01. The number of nitrogens with one attached hydrogen (secondary N) is 1. The Labute approximate surface area is 227 Å². The van der Waals surface area contributed by atoms with Crippen molar-refractivity contribution in [2.45, 2.75) is 33.6 Å². The molecular weight excluding hydrogens is 532 g/mol. The molecule has 4 rings (SSSR count). The lowest BCUT2D eigenvalue weighted by atomic mass is 9.98. The Morgan fingerprint density at radius 3 is 2.22 bits per heavy atom. The van der Waals surface area contributed by atoms with Crippen LogP contribution in [0.1, 0.15) is 29.5 Å². The average molecular weight is 563 g/mol. The van der Waals surface area contributed by atoms with Crippen molar-refractivity contribution < 1.29 is 18.0 Å². The number of nitrogens with two attached hydrogens (primary N) is 1. The highest BCUT2D eigenvalue weighted by Crippen LogP contribution is 2.31. The number of aromatic nitrogens is 1. The van der Waals surface area contributed by atoms with E-state index in [9.17, 15) is 18.0 Å². The Balaban J connectivity index is 0.00000380. The van der Waals surface area contributed by atoms with Gasteiger partial charge in [-0.3, -0.25) is 9.59 Å². The number of anilines is 3. The van der Waals surface area contributed by atoms with Crippen molar-refractivity contribution in [1.29, 1.82) is 0 Å². The van der Waals surface area contributed by atoms with Crippen LogP contribution >= 0.6 is 23.7 Å². The van der Waals surface area contributed by atoms with E-state index in [2.05, 4.69) is 10.3 Å². The van der Waals surface area contributed by atoms with Gasteiger partial charge in [-0.2, -0.15) is 0 Å². The molecule has 2 aromatic carbocycles. The van der Waals surface area contributed by atoms with Crippen LogP contribution in [-0.2, 0) is 19.4 Å². The lowest BCUT2D eigenvalue weighted by molar-refractivity contribution is -0.124. The molecule has 0 unspecified atom stereocenters. The van der Waals surface area contributed by atoms with Crippen molar-refractivity contribution >= 4 is 61.9 Å². The Bertz CT molecular complexity index is 1370. The maximum Gasteiger partial charge on any atom is 0.244 e. The number of amides is 2. The van der Waals surface area contributed by atoms with Gasteiger partial charge in [0.15, 0.2) is 5.13 Å². The van der Waals surface area contributed by atoms with Gasteiger partial charge in [-0.15, -0.1) is 23.7 Å². The fourth-order valence-corrected chi connectivity index (χ4v) is 6.77. The molecule has 3 N–H and O–H groups in total. The normalized spacial score (nSPS) is 15.0. The van der Waals surface area contributed by atoms with Crippen LogP contribution in [0.5, 0.6) is 0 Å². The minimum Gasteiger partial charge on any atom is -0.375 e. The van der Waals surface area contributed by atoms with E-state index in [-0.39, 0.29) is 55.1 Å². The summed E-state index contributed by atoms with van der Waals surface area (Å²) in [4.78, 5) is 32.5. The maximum atomic E-state index is 13.6. The van der Waals surface area contributed by atoms with Crippen molar-refractivity contribution in [2.75, 3.05) is 34.0 Å². The summed E-state index contributed by atoms with van der Waals surface area (Å²) in [5.41, 5.74) is 11.5. The molecule has 2 heterocycles. The summed E-state index contributed by atoms with van der Waals surface area (Å²) in [6.45, 7) is 5.65. The van der Waals surface area contributed by atoms with Gasteiger partial charge >= 0.3 is 0 Å². The standard InChI is InChI=1S/C26H30N4O4S2.ClH/c1-16-12-17(2)24(18(3)13-16)30(25(32)20-8-10-36(33,34)11-9-20)14-23(31)28-21-6-4-19(5-7-21)22-15-35-26(27)29-22;/h4-7,12-13,15,20H,8-11,14H2,1-3H3,(H2,27,29)(H,28,31);1H. The van der Waals surface area contributed by atoms with Gasteiger partial charge in [-0.25, -0.2) is 13.4 Å². The highest BCUT2D eigenvalue weighted by molar-refractivity contribution is 7.91. The molecule has 1 fully saturated rings. The fourth-order valence-electron chi connectivity index (χ4n) is 4.71. The van der Waals surface area contributed by atoms with Crippen molar-refractivity contribution in [3.63, 3.8) is 0 Å². The summed E-state index contributed by atoms with van der Waals surface area (Å²) in [7, 11) is -3.11. The molecule has 0 aliphatic carbocycles. The summed E-state index contributed by atoms with van der Waals surface area (Å²) in [6, 6.07) is 11.2. The third kappa shape index (κ3) is 6.88. The third-order valence-electron chi connectivity index (χ3n) is 6.36. The van der Waals surface area contributed by atoms with E-state index in [4.69, 9.17) is 5.73 Å². The number of nitrogens with zero attached hydrogens (tertiary/aromatic N) is 2. The zero-order valence-electron chi connectivity index (χ0n) is 21.0. The van der Waals surface area contributed by atoms with Gasteiger partial charge in [0.1, 0.15) is 16.4 Å². The summed E-state index contributed by atoms with van der Waals surface area (Å²) in [6.07, 6.45) is 0.539. The molecule has 0 spiro atoms. The highest BCUT2D eigenvalue weighted by atomic mass is 35.5. The van der Waals surface area contributed by atoms with Crippen LogP contribution in [-0.4, -0.2) is 43.3 Å². The SMILES string of the molecule is Cc1cc(C)c(N(CC(=O)Nc2ccc(-c3csc(N)n3)cc2)C(=O)C2CCS(=O)(=O)CC2)c(C)c1.Cl. The lowest BCUT2D eigenvalue weighted by Crippen LogP contribution is -2.44. The van der Waals surface area contributed by atoms with E-state index in [1.165, 1.54) is 16.2 Å². The van der Waals surface area contributed by atoms with Gasteiger partial charge in [0.2, 0.25) is 11.8 Å². The van der Waals surface area contributed by atoms with E-state index in [1.54, 1.807) is 12.1 Å². The molecule has 37 heavy (non-hydrogen) atoms. The topological polar surface area (TPSA) is 122 Å². The van der Waals surface area contributed by atoms with Crippen LogP contribution in [0.15, 0.2) is 41.8 Å². The maximum absolute atomic E-state index is 13.6. The van der Waals surface area contributed by atoms with Gasteiger partial charge < -0.3 is 16.0 Å². The summed E-state index contributed by atoms with van der Waals surface area (Å²) >= 11 is 1.36. The van der Waals surface area contributed by atoms with Crippen molar-refractivity contribution in [3.8, 4) is 11.3 Å². The first kappa shape index (κ1) is 28.6. The van der Waals surface area contributed by atoms with Crippen molar-refractivity contribution in [1.82, 2.24) is 4.98 Å². The lowest BCUT2D eigenvalue weighted by Gasteiger charge is -2.31. The Hall–Kier alpha value is -2.95. The second kappa shape index (κ2) is 11.6. The molecule has 1 saturated heterocycles. The van der Waals surface area contributed by atoms with Gasteiger partial charge in [0, 0.05) is 22.5 Å². The molecule has 0 radical (unpaired) electrons. The second-order valence-corrected chi connectivity index (χ2v) is 12.5. The van der Waals surface area contributed by atoms with Crippen LogP contribution < -0.4 is 16.0 Å². The molecule has 1 aliphatic rings. The largest absolute Gasteiger partial charge is 0.375 e. The molecule has 3 aromatic rings. The molecule has 0 saturated carbocycles. The van der Waals surface area contributed by atoms with Crippen LogP contribution in [0.4, 0.5) is 16.5 Å². The van der Waals surface area contributed by atoms with E-state index >= 15 is 0 Å². The van der Waals surface area contributed by atoms with E-state index in [1.807, 2.05) is 50.4 Å². The quantitative estimate of drug-likeness (QED) is 0.455. The number of rotatable bonds is 6. The number of carbonyl (C=O) groups is 2. The van der Waals surface area contributed by atoms with E-state index < -0.39 is 15.8 Å². The van der Waals surface area contributed by atoms with Crippen LogP contribution in [0.25, 0.3) is 11.3 Å². The zero-order valence-corrected chi connectivity index (χ0v) is 23.4. The van der Waals surface area contributed by atoms with Crippen LogP contribution in [0.2, 0.25) is 0 Å². The van der Waals surface area contributed by atoms with Gasteiger partial charge in [0.05, 0.1) is 22.9 Å². The Kier molecular flexibility index (Phi) is 8.99. The van der Waals surface area contributed by atoms with Gasteiger partial charge in [0.25, 0.3) is 0 Å². The molecule has 2 amide bonds. The summed E-state index contributed by atoms with van der Waals surface area (Å²) in [5, 5.41) is 5.24. The fraction of sp³-hybridized carbons (Fsp3) is 0.346. The van der Waals surface area contributed by atoms with Gasteiger partial charge in [-0.1, -0.05) is 29.8 Å². The van der Waals surface area contributed by atoms with Crippen molar-refractivity contribution in [3.05, 3.63) is 58.5 Å². The number of halogens is 1. The number of nitrogen functional groups attached to an aromatic ring is 1. The molecular formula is C26H31ClN4O4S2. The van der Waals surface area contributed by atoms with Crippen molar-refractivity contribution in [2.24, 2.45) is 5.92 Å². The third-order valence-corrected chi connectivity index (χ3v) is 8.75.